The SMILES string of the molecule is CB(O)NCCCCNCC(CCCCCCNC(=O)CCCCCCCCCCCCCCCCCCCCCCCNC(=O)OCc1ccccc1)CNCCCCNB(C)O.CB=O.CB=O. The minimum atomic E-state index is -0.437. The van der Waals surface area contributed by atoms with Crippen LogP contribution in [0.25, 0.3) is 0 Å². The van der Waals surface area contributed by atoms with Crippen LogP contribution in [-0.2, 0) is 25.5 Å². The molecule has 70 heavy (non-hydrogen) atoms. The summed E-state index contributed by atoms with van der Waals surface area (Å²) in [6.07, 6.45) is 38.0. The normalized spacial score (nSPS) is 10.6. The van der Waals surface area contributed by atoms with E-state index in [0.29, 0.717) is 25.5 Å². The summed E-state index contributed by atoms with van der Waals surface area (Å²) < 4.78 is 22.9. The van der Waals surface area contributed by atoms with E-state index in [1.807, 2.05) is 30.3 Å². The Labute approximate surface area is 431 Å². The maximum absolute atomic E-state index is 12.4. The minimum absolute atomic E-state index is 0.227. The Morgan fingerprint density at radius 1 is 0.500 bits per heavy atom. The number of hydrogen-bond donors (Lipinski definition) is 8. The van der Waals surface area contributed by atoms with Gasteiger partial charge >= 0.3 is 57.5 Å². The van der Waals surface area contributed by atoms with Gasteiger partial charge in [0.2, 0.25) is 5.91 Å². The van der Waals surface area contributed by atoms with E-state index < -0.39 is 14.1 Å². The molecular weight excluding hydrogens is 876 g/mol. The number of ether oxygens (including phenoxy) is 1. The van der Waals surface area contributed by atoms with Crippen LogP contribution in [0.1, 0.15) is 205 Å². The van der Waals surface area contributed by atoms with Gasteiger partial charge in [-0.2, -0.15) is 0 Å². The molecule has 0 aromatic heterocycles. The van der Waals surface area contributed by atoms with Crippen molar-refractivity contribution in [3.63, 3.8) is 0 Å². The van der Waals surface area contributed by atoms with Gasteiger partial charge in [-0.25, -0.2) is 4.79 Å². The van der Waals surface area contributed by atoms with Gasteiger partial charge in [-0.3, -0.25) is 4.79 Å². The number of carbonyl (C=O) groups excluding carboxylic acids is 2. The maximum atomic E-state index is 12.4. The molecule has 0 fully saturated rings. The van der Waals surface area contributed by atoms with Crippen molar-refractivity contribution in [1.29, 1.82) is 0 Å². The molecule has 0 bridgehead atoms. The van der Waals surface area contributed by atoms with E-state index in [0.717, 1.165) is 111 Å². The second-order valence-electron chi connectivity index (χ2n) is 19.1. The second-order valence-corrected chi connectivity index (χ2v) is 19.1. The number of carbonyl (C=O) groups is 2. The molecule has 0 unspecified atom stereocenters. The van der Waals surface area contributed by atoms with Crippen LogP contribution in [0.3, 0.4) is 0 Å². The zero-order valence-electron chi connectivity index (χ0n) is 45.5. The van der Waals surface area contributed by atoms with Crippen molar-refractivity contribution in [1.82, 2.24) is 31.7 Å². The monoisotopic (exact) mass is 983 g/mol. The van der Waals surface area contributed by atoms with Crippen LogP contribution < -0.4 is 31.7 Å². The van der Waals surface area contributed by atoms with E-state index >= 15 is 0 Å². The van der Waals surface area contributed by atoms with Crippen LogP contribution in [-0.4, -0.2) is 103 Å². The molecule has 0 saturated heterocycles. The molecule has 0 saturated carbocycles. The van der Waals surface area contributed by atoms with Gasteiger partial charge in [-0.05, 0) is 116 Å². The van der Waals surface area contributed by atoms with Crippen molar-refractivity contribution in [3.05, 3.63) is 35.9 Å². The molecule has 0 atom stereocenters. The molecule has 0 aliphatic heterocycles. The molecule has 17 heteroatoms. The number of rotatable bonds is 49. The number of amides is 2. The Morgan fingerprint density at radius 2 is 0.843 bits per heavy atom. The van der Waals surface area contributed by atoms with Gasteiger partial charge in [-0.15, -0.1) is 0 Å². The van der Waals surface area contributed by atoms with E-state index in [-0.39, 0.29) is 12.0 Å². The Bertz CT molecular complexity index is 1220. The van der Waals surface area contributed by atoms with Gasteiger partial charge in [0.15, 0.2) is 0 Å². The molecule has 2 amide bonds. The van der Waals surface area contributed by atoms with E-state index in [2.05, 4.69) is 31.7 Å². The summed E-state index contributed by atoms with van der Waals surface area (Å²) in [5, 5.41) is 38.2. The number of alkyl carbamates (subject to hydrolysis) is 1. The third-order valence-corrected chi connectivity index (χ3v) is 12.2. The van der Waals surface area contributed by atoms with Gasteiger partial charge in [0, 0.05) is 19.5 Å². The number of benzene rings is 1. The van der Waals surface area contributed by atoms with Crippen LogP contribution in [0.5, 0.6) is 0 Å². The Balaban J connectivity index is 0. The number of hydrogen-bond acceptors (Lipinski definition) is 11. The molecule has 1 aromatic rings. The first-order valence-corrected chi connectivity index (χ1v) is 28.4. The molecule has 0 radical (unpaired) electrons. The molecular formula is C53H106B4N6O7. The fraction of sp³-hybridized carbons (Fsp3) is 0.849. The van der Waals surface area contributed by atoms with Crippen molar-refractivity contribution in [3.8, 4) is 0 Å². The first-order chi connectivity index (χ1) is 34.2. The average molecular weight is 983 g/mol. The van der Waals surface area contributed by atoms with Crippen LogP contribution in [0.15, 0.2) is 30.3 Å². The summed E-state index contributed by atoms with van der Waals surface area (Å²) in [5.74, 6) is 0.838. The molecule has 0 aliphatic rings. The average Bonchev–Trinajstić information content (AvgIpc) is 3.34. The summed E-state index contributed by atoms with van der Waals surface area (Å²) >= 11 is 0. The predicted molar refractivity (Wildman–Crippen MR) is 298 cm³/mol. The Morgan fingerprint density at radius 3 is 1.26 bits per heavy atom. The van der Waals surface area contributed by atoms with Crippen molar-refractivity contribution in [2.24, 2.45) is 5.92 Å². The fourth-order valence-electron chi connectivity index (χ4n) is 8.22. The van der Waals surface area contributed by atoms with Gasteiger partial charge in [0.1, 0.15) is 6.61 Å². The van der Waals surface area contributed by atoms with E-state index in [1.165, 1.54) is 161 Å². The zero-order valence-corrected chi connectivity index (χ0v) is 45.5. The van der Waals surface area contributed by atoms with Gasteiger partial charge in [0.05, 0.1) is 0 Å². The summed E-state index contributed by atoms with van der Waals surface area (Å²) in [6, 6.07) is 9.79. The van der Waals surface area contributed by atoms with Gasteiger partial charge in [0.25, 0.3) is 0 Å². The second kappa shape index (κ2) is 59.1. The summed E-state index contributed by atoms with van der Waals surface area (Å²) in [4.78, 5) is 24.2. The molecule has 402 valence electrons. The predicted octanol–water partition coefficient (Wildman–Crippen LogP) is 10.5. The Kier molecular flexibility index (Phi) is 58.9. The molecule has 1 rings (SSSR count). The first-order valence-electron chi connectivity index (χ1n) is 28.4. The molecule has 0 spiro atoms. The molecule has 1 aromatic carbocycles. The van der Waals surface area contributed by atoms with E-state index in [1.54, 1.807) is 13.6 Å². The zero-order chi connectivity index (χ0) is 51.6. The topological polar surface area (TPSA) is 190 Å². The van der Waals surface area contributed by atoms with Crippen LogP contribution >= 0.6 is 0 Å². The quantitative estimate of drug-likeness (QED) is 0.0229. The van der Waals surface area contributed by atoms with Crippen LogP contribution in [0, 0.1) is 5.92 Å². The number of unbranched alkanes of at least 4 members (excludes halogenated alkanes) is 25. The summed E-state index contributed by atoms with van der Waals surface area (Å²) in [7, 11) is 0.627. The standard InChI is InChI=1S/C51H100B2N6O5.2CH3BO/c1-52(62)58-43-33-31-39-54-45-49(46-55-40-32-34-44-59-53(2)63)37-25-21-23-29-41-56-50(60)38-28-20-18-16-14-12-10-8-6-4-3-5-7-9-11-13-15-17-19-22-30-42-57-51(61)64-47-48-35-26-24-27-36-48;2*1-2-3/h24,26-27,35-36,49,54-55,58-59,62-63H,3-23,25,28-34,37-47H2,1-2H3,(H,56,60)(H,57,61);2*1H3. The first kappa shape index (κ1) is 69.7. The van der Waals surface area contributed by atoms with Crippen molar-refractivity contribution in [2.45, 2.75) is 233 Å². The molecule has 8 N–H and O–H groups in total. The third-order valence-electron chi connectivity index (χ3n) is 12.2. The molecule has 13 nitrogen and oxygen atoms in total. The van der Waals surface area contributed by atoms with Gasteiger partial charge < -0.3 is 46.5 Å². The molecule has 0 heterocycles. The van der Waals surface area contributed by atoms with Crippen molar-refractivity contribution >= 4 is 40.4 Å². The number of nitrogens with one attached hydrogen (secondary N) is 6. The van der Waals surface area contributed by atoms with Crippen molar-refractivity contribution in [2.75, 3.05) is 52.4 Å². The van der Waals surface area contributed by atoms with Crippen LogP contribution in [0.2, 0.25) is 27.3 Å². The Hall–Kier alpha value is -2.42. The third kappa shape index (κ3) is 59.9. The molecule has 0 aliphatic carbocycles. The van der Waals surface area contributed by atoms with Crippen molar-refractivity contribution < 1.29 is 33.8 Å². The van der Waals surface area contributed by atoms with Gasteiger partial charge in [-0.1, -0.05) is 172 Å². The van der Waals surface area contributed by atoms with E-state index in [4.69, 9.17) is 14.1 Å². The summed E-state index contributed by atoms with van der Waals surface area (Å²) in [6.45, 7) is 14.0. The van der Waals surface area contributed by atoms with E-state index in [9.17, 15) is 19.6 Å². The summed E-state index contributed by atoms with van der Waals surface area (Å²) in [5.41, 5.74) is 1.01. The fourth-order valence-corrected chi connectivity index (χ4v) is 8.22. The van der Waals surface area contributed by atoms with Crippen LogP contribution in [0.4, 0.5) is 4.79 Å².